The minimum absolute atomic E-state index is 0.0273. The molecular formula is C21H23BrN2O2. The summed E-state index contributed by atoms with van der Waals surface area (Å²) in [5, 5.41) is 5.63. The highest BCUT2D eigenvalue weighted by atomic mass is 79.9. The molecule has 1 fully saturated rings. The Bertz CT molecular complexity index is 852. The van der Waals surface area contributed by atoms with Gasteiger partial charge in [-0.25, -0.2) is 0 Å². The summed E-state index contributed by atoms with van der Waals surface area (Å²) >= 11 is 3.44. The van der Waals surface area contributed by atoms with Crippen LogP contribution in [0.5, 0.6) is 0 Å². The largest absolute Gasteiger partial charge is 0.346 e. The first-order valence-electron chi connectivity index (χ1n) is 8.73. The summed E-state index contributed by atoms with van der Waals surface area (Å²) < 4.78 is 0.993. The van der Waals surface area contributed by atoms with Crippen molar-refractivity contribution in [1.29, 1.82) is 0 Å². The summed E-state index contributed by atoms with van der Waals surface area (Å²) in [6.45, 7) is 6.01. The lowest BCUT2D eigenvalue weighted by Gasteiger charge is -2.17. The van der Waals surface area contributed by atoms with Crippen molar-refractivity contribution in [3.05, 3.63) is 63.1 Å². The number of hydrogen-bond donors (Lipinski definition) is 2. The van der Waals surface area contributed by atoms with Crippen LogP contribution >= 0.6 is 15.9 Å². The molecule has 0 aliphatic heterocycles. The van der Waals surface area contributed by atoms with Crippen LogP contribution in [0.2, 0.25) is 0 Å². The number of aryl methyl sites for hydroxylation is 3. The molecule has 2 aromatic carbocycles. The van der Waals surface area contributed by atoms with Crippen molar-refractivity contribution in [3.8, 4) is 0 Å². The van der Waals surface area contributed by atoms with E-state index in [0.717, 1.165) is 45.3 Å². The Morgan fingerprint density at radius 3 is 2.27 bits per heavy atom. The van der Waals surface area contributed by atoms with Crippen LogP contribution in [0.25, 0.3) is 0 Å². The second kappa shape index (κ2) is 7.23. The fraction of sp³-hybridized carbons (Fsp3) is 0.333. The van der Waals surface area contributed by atoms with Gasteiger partial charge in [0.2, 0.25) is 11.8 Å². The van der Waals surface area contributed by atoms with Gasteiger partial charge in [-0.3, -0.25) is 9.59 Å². The molecule has 1 saturated carbocycles. The summed E-state index contributed by atoms with van der Waals surface area (Å²) in [6.07, 6.45) is 1.66. The molecule has 4 nitrogen and oxygen atoms in total. The Kier molecular flexibility index (Phi) is 5.19. The summed E-state index contributed by atoms with van der Waals surface area (Å²) in [5.74, 6) is -0.291. The molecular weight excluding hydrogens is 392 g/mol. The third kappa shape index (κ3) is 3.98. The molecule has 2 aromatic rings. The van der Waals surface area contributed by atoms with Crippen molar-refractivity contribution in [2.75, 3.05) is 11.9 Å². The number of carbonyl (C=O) groups excluding carboxylic acids is 2. The normalized spacial score (nSPS) is 14.6. The van der Waals surface area contributed by atoms with Crippen molar-refractivity contribution in [1.82, 2.24) is 5.32 Å². The highest BCUT2D eigenvalue weighted by molar-refractivity contribution is 9.10. The van der Waals surface area contributed by atoms with E-state index in [0.29, 0.717) is 0 Å². The molecule has 0 saturated heterocycles. The third-order valence-electron chi connectivity index (χ3n) is 4.81. The third-order valence-corrected chi connectivity index (χ3v) is 5.70. The molecule has 0 atom stereocenters. The molecule has 136 valence electrons. The van der Waals surface area contributed by atoms with Gasteiger partial charge in [0.25, 0.3) is 0 Å². The SMILES string of the molecule is Cc1cc(C)cc(C2(C(=O)NCC(=O)Nc3ccc(Br)c(C)c3)CC2)c1. The van der Waals surface area contributed by atoms with Gasteiger partial charge in [-0.2, -0.15) is 0 Å². The van der Waals surface area contributed by atoms with Crippen molar-refractivity contribution in [3.63, 3.8) is 0 Å². The lowest BCUT2D eigenvalue weighted by Crippen LogP contribution is -2.39. The Morgan fingerprint density at radius 1 is 1.04 bits per heavy atom. The van der Waals surface area contributed by atoms with Gasteiger partial charge in [-0.15, -0.1) is 0 Å². The highest BCUT2D eigenvalue weighted by Gasteiger charge is 2.51. The lowest BCUT2D eigenvalue weighted by molar-refractivity contribution is -0.126. The van der Waals surface area contributed by atoms with Gasteiger partial charge in [0.15, 0.2) is 0 Å². The average Bonchev–Trinajstić information content (AvgIpc) is 3.37. The summed E-state index contributed by atoms with van der Waals surface area (Å²) in [5.41, 5.74) is 4.66. The Morgan fingerprint density at radius 2 is 1.69 bits per heavy atom. The van der Waals surface area contributed by atoms with E-state index in [1.54, 1.807) is 0 Å². The molecule has 1 aliphatic rings. The van der Waals surface area contributed by atoms with E-state index in [4.69, 9.17) is 0 Å². The summed E-state index contributed by atoms with van der Waals surface area (Å²) in [6, 6.07) is 11.9. The van der Waals surface area contributed by atoms with Crippen LogP contribution in [0, 0.1) is 20.8 Å². The maximum atomic E-state index is 12.7. The Labute approximate surface area is 162 Å². The molecule has 0 bridgehead atoms. The Balaban J connectivity index is 1.61. The molecule has 0 unspecified atom stereocenters. The zero-order chi connectivity index (χ0) is 18.9. The number of benzene rings is 2. The maximum absolute atomic E-state index is 12.7. The predicted octanol–water partition coefficient (Wildman–Crippen LogP) is 4.16. The van der Waals surface area contributed by atoms with Crippen LogP contribution < -0.4 is 10.6 Å². The van der Waals surface area contributed by atoms with Gasteiger partial charge in [0.1, 0.15) is 0 Å². The quantitative estimate of drug-likeness (QED) is 0.771. The second-order valence-corrected chi connectivity index (χ2v) is 8.01. The van der Waals surface area contributed by atoms with E-state index >= 15 is 0 Å². The van der Waals surface area contributed by atoms with Crippen LogP contribution in [0.4, 0.5) is 5.69 Å². The first-order valence-corrected chi connectivity index (χ1v) is 9.52. The van der Waals surface area contributed by atoms with Crippen molar-refractivity contribution in [2.24, 2.45) is 0 Å². The molecule has 0 aromatic heterocycles. The fourth-order valence-electron chi connectivity index (χ4n) is 3.28. The van der Waals surface area contributed by atoms with Crippen LogP contribution in [0.3, 0.4) is 0 Å². The van der Waals surface area contributed by atoms with Crippen LogP contribution in [0.1, 0.15) is 35.1 Å². The zero-order valence-corrected chi connectivity index (χ0v) is 16.9. The molecule has 2 N–H and O–H groups in total. The number of hydrogen-bond acceptors (Lipinski definition) is 2. The minimum Gasteiger partial charge on any atom is -0.346 e. The molecule has 2 amide bonds. The molecule has 0 heterocycles. The predicted molar refractivity (Wildman–Crippen MR) is 107 cm³/mol. The summed E-state index contributed by atoms with van der Waals surface area (Å²) in [4.78, 5) is 24.9. The van der Waals surface area contributed by atoms with Crippen molar-refractivity contribution in [2.45, 2.75) is 39.0 Å². The van der Waals surface area contributed by atoms with E-state index in [1.165, 1.54) is 0 Å². The van der Waals surface area contributed by atoms with E-state index in [1.807, 2.05) is 39.0 Å². The average molecular weight is 415 g/mol. The highest BCUT2D eigenvalue weighted by Crippen LogP contribution is 2.48. The lowest BCUT2D eigenvalue weighted by atomic mass is 9.92. The monoisotopic (exact) mass is 414 g/mol. The van der Waals surface area contributed by atoms with Gasteiger partial charge in [-0.1, -0.05) is 45.3 Å². The molecule has 0 radical (unpaired) electrons. The van der Waals surface area contributed by atoms with Gasteiger partial charge < -0.3 is 10.6 Å². The van der Waals surface area contributed by atoms with E-state index in [9.17, 15) is 9.59 Å². The number of anilines is 1. The van der Waals surface area contributed by atoms with Crippen LogP contribution in [0.15, 0.2) is 40.9 Å². The van der Waals surface area contributed by atoms with Crippen molar-refractivity contribution < 1.29 is 9.59 Å². The number of carbonyl (C=O) groups is 2. The molecule has 5 heteroatoms. The Hall–Kier alpha value is -2.14. The second-order valence-electron chi connectivity index (χ2n) is 7.15. The molecule has 26 heavy (non-hydrogen) atoms. The zero-order valence-electron chi connectivity index (χ0n) is 15.3. The fourth-order valence-corrected chi connectivity index (χ4v) is 3.53. The summed E-state index contributed by atoms with van der Waals surface area (Å²) in [7, 11) is 0. The number of amides is 2. The van der Waals surface area contributed by atoms with E-state index in [2.05, 4.69) is 44.8 Å². The molecule has 0 spiro atoms. The standard InChI is InChI=1S/C21H23BrN2O2/c1-13-8-14(2)10-16(9-13)21(6-7-21)20(26)23-12-19(25)24-17-4-5-18(22)15(3)11-17/h4-5,8-11H,6-7,12H2,1-3H3,(H,23,26)(H,24,25). The topological polar surface area (TPSA) is 58.2 Å². The van der Waals surface area contributed by atoms with Gasteiger partial charge in [0.05, 0.1) is 12.0 Å². The van der Waals surface area contributed by atoms with Crippen LogP contribution in [-0.4, -0.2) is 18.4 Å². The number of halogens is 1. The first kappa shape index (κ1) is 18.6. The minimum atomic E-state index is -0.467. The van der Waals surface area contributed by atoms with Crippen molar-refractivity contribution >= 4 is 33.4 Å². The maximum Gasteiger partial charge on any atom is 0.243 e. The van der Waals surface area contributed by atoms with Gasteiger partial charge >= 0.3 is 0 Å². The number of rotatable bonds is 5. The van der Waals surface area contributed by atoms with Crippen LogP contribution in [-0.2, 0) is 15.0 Å². The first-order chi connectivity index (χ1) is 12.3. The van der Waals surface area contributed by atoms with E-state index in [-0.39, 0.29) is 18.4 Å². The van der Waals surface area contributed by atoms with E-state index < -0.39 is 5.41 Å². The smallest absolute Gasteiger partial charge is 0.243 e. The number of nitrogens with one attached hydrogen (secondary N) is 2. The molecule has 1 aliphatic carbocycles. The molecule has 3 rings (SSSR count). The van der Waals surface area contributed by atoms with Gasteiger partial charge in [-0.05, 0) is 62.9 Å². The van der Waals surface area contributed by atoms with Gasteiger partial charge in [0, 0.05) is 10.2 Å².